The zero-order chi connectivity index (χ0) is 28.8. The molecule has 0 saturated carbocycles. The van der Waals surface area contributed by atoms with Crippen LogP contribution in [0.3, 0.4) is 0 Å². The Morgan fingerprint density at radius 2 is 1.49 bits per heavy atom. The predicted octanol–water partition coefficient (Wildman–Crippen LogP) is -0.419. The van der Waals surface area contributed by atoms with Gasteiger partial charge in [0, 0.05) is 12.8 Å². The first-order valence-electron chi connectivity index (χ1n) is 12.7. The maximum absolute atomic E-state index is 13.1. The lowest BCUT2D eigenvalue weighted by Gasteiger charge is -2.21. The van der Waals surface area contributed by atoms with Gasteiger partial charge in [-0.1, -0.05) is 62.2 Å². The maximum atomic E-state index is 13.1. The van der Waals surface area contributed by atoms with Crippen molar-refractivity contribution >= 4 is 29.6 Å². The number of carbonyl (C=O) groups is 4. The van der Waals surface area contributed by atoms with E-state index in [0.29, 0.717) is 18.4 Å². The molecule has 39 heavy (non-hydrogen) atoms. The fraction of sp³-hybridized carbons (Fsp3) is 0.370. The van der Waals surface area contributed by atoms with Gasteiger partial charge in [0.2, 0.25) is 23.6 Å². The molecule has 12 nitrogen and oxygen atoms in total. The number of nitrogens with one attached hydrogen (secondary N) is 3. The van der Waals surface area contributed by atoms with E-state index in [1.807, 2.05) is 37.3 Å². The summed E-state index contributed by atoms with van der Waals surface area (Å²) in [6.07, 6.45) is 2.06. The molecule has 0 aliphatic heterocycles. The van der Waals surface area contributed by atoms with Gasteiger partial charge >= 0.3 is 0 Å². The van der Waals surface area contributed by atoms with Crippen molar-refractivity contribution in [3.05, 3.63) is 65.7 Å². The Kier molecular flexibility index (Phi) is 12.2. The summed E-state index contributed by atoms with van der Waals surface area (Å²) in [5.74, 6) is -2.67. The summed E-state index contributed by atoms with van der Waals surface area (Å²) in [5.41, 5.74) is 18.0. The van der Waals surface area contributed by atoms with Crippen LogP contribution in [0.5, 0.6) is 5.75 Å². The first-order valence-corrected chi connectivity index (χ1v) is 12.7. The van der Waals surface area contributed by atoms with Crippen LogP contribution in [0, 0.1) is 0 Å². The number of aliphatic imine (C=N–C) groups is 1. The molecule has 0 radical (unpaired) electrons. The number of unbranched alkanes of at least 4 members (excludes halogenated alkanes) is 1. The van der Waals surface area contributed by atoms with E-state index in [-0.39, 0.29) is 24.6 Å². The quantitative estimate of drug-likeness (QED) is 0.117. The largest absolute Gasteiger partial charge is 0.508 e. The summed E-state index contributed by atoms with van der Waals surface area (Å²) in [7, 11) is 0. The third kappa shape index (κ3) is 11.1. The molecular weight excluding hydrogens is 502 g/mol. The van der Waals surface area contributed by atoms with Crippen LogP contribution < -0.4 is 33.2 Å². The van der Waals surface area contributed by atoms with Crippen molar-refractivity contribution in [2.45, 2.75) is 57.2 Å². The molecule has 0 aliphatic carbocycles. The number of guanidine groups is 1. The number of phenolic OH excluding ortho intramolecular Hbond substituents is 1. The van der Waals surface area contributed by atoms with Gasteiger partial charge < -0.3 is 38.3 Å². The number of amides is 4. The van der Waals surface area contributed by atoms with Gasteiger partial charge in [-0.15, -0.1) is 0 Å². The number of nitrogens with zero attached hydrogens (tertiary/aromatic N) is 1. The number of benzene rings is 2. The zero-order valence-electron chi connectivity index (χ0n) is 21.9. The Balaban J connectivity index is 2.02. The highest BCUT2D eigenvalue weighted by Crippen LogP contribution is 2.13. The van der Waals surface area contributed by atoms with Crippen molar-refractivity contribution in [1.29, 1.82) is 0 Å². The monoisotopic (exact) mass is 539 g/mol. The highest BCUT2D eigenvalue weighted by Gasteiger charge is 2.26. The van der Waals surface area contributed by atoms with Crippen LogP contribution in [0.2, 0.25) is 0 Å². The molecular formula is C27H37N7O5. The second kappa shape index (κ2) is 15.6. The van der Waals surface area contributed by atoms with Gasteiger partial charge in [0.1, 0.15) is 23.9 Å². The van der Waals surface area contributed by atoms with Crippen LogP contribution in [0.25, 0.3) is 0 Å². The van der Waals surface area contributed by atoms with Crippen LogP contribution in [0.4, 0.5) is 0 Å². The number of hydrogen-bond acceptors (Lipinski definition) is 6. The lowest BCUT2D eigenvalue weighted by Crippen LogP contribution is -2.53. The molecule has 0 aliphatic rings. The molecule has 4 amide bonds. The average molecular weight is 540 g/mol. The molecule has 0 unspecified atom stereocenters. The third-order valence-electron chi connectivity index (χ3n) is 5.84. The van der Waals surface area contributed by atoms with Crippen molar-refractivity contribution in [3.8, 4) is 5.75 Å². The molecule has 0 aromatic heterocycles. The van der Waals surface area contributed by atoms with Crippen molar-refractivity contribution in [3.63, 3.8) is 0 Å². The van der Waals surface area contributed by atoms with Crippen molar-refractivity contribution < 1.29 is 24.3 Å². The van der Waals surface area contributed by atoms with Crippen molar-refractivity contribution in [1.82, 2.24) is 16.0 Å². The van der Waals surface area contributed by atoms with Gasteiger partial charge in [-0.3, -0.25) is 19.2 Å². The van der Waals surface area contributed by atoms with Crippen LogP contribution in [-0.2, 0) is 32.0 Å². The third-order valence-corrected chi connectivity index (χ3v) is 5.84. The summed E-state index contributed by atoms with van der Waals surface area (Å²) in [4.78, 5) is 54.3. The number of carbonyl (C=O) groups excluding carboxylic acids is 4. The number of phenols is 1. The molecule has 0 fully saturated rings. The van der Waals surface area contributed by atoms with E-state index >= 15 is 0 Å². The summed E-state index contributed by atoms with van der Waals surface area (Å²) in [5, 5.41) is 17.2. The molecule has 0 bridgehead atoms. The lowest BCUT2D eigenvalue weighted by molar-refractivity contribution is -0.131. The molecule has 0 saturated heterocycles. The van der Waals surface area contributed by atoms with E-state index in [4.69, 9.17) is 17.2 Å². The number of primary amides is 1. The zero-order valence-corrected chi connectivity index (χ0v) is 21.9. The maximum Gasteiger partial charge on any atom is 0.245 e. The molecule has 10 N–H and O–H groups in total. The van der Waals surface area contributed by atoms with Gasteiger partial charge in [-0.25, -0.2) is 4.99 Å². The smallest absolute Gasteiger partial charge is 0.245 e. The molecule has 0 spiro atoms. The first kappa shape index (κ1) is 30.6. The molecule has 2 aromatic carbocycles. The molecule has 2 aromatic rings. The molecule has 3 atom stereocenters. The molecule has 12 heteroatoms. The van der Waals surface area contributed by atoms with Crippen molar-refractivity contribution in [2.75, 3.05) is 6.54 Å². The summed E-state index contributed by atoms with van der Waals surface area (Å²) < 4.78 is 0. The minimum absolute atomic E-state index is 0.0733. The Bertz CT molecular complexity index is 1130. The second-order valence-electron chi connectivity index (χ2n) is 9.07. The van der Waals surface area contributed by atoms with Gasteiger partial charge in [0.25, 0.3) is 0 Å². The minimum atomic E-state index is -1.02. The van der Waals surface area contributed by atoms with Crippen LogP contribution >= 0.6 is 0 Å². The van der Waals surface area contributed by atoms with Gasteiger partial charge in [0.15, 0.2) is 5.96 Å². The molecule has 210 valence electrons. The Morgan fingerprint density at radius 3 is 2.08 bits per heavy atom. The Labute approximate surface area is 227 Å². The van der Waals surface area contributed by atoms with Crippen LogP contribution in [-0.4, -0.2) is 59.4 Å². The lowest BCUT2D eigenvalue weighted by atomic mass is 10.0. The van der Waals surface area contributed by atoms with E-state index in [2.05, 4.69) is 20.9 Å². The topological polar surface area (TPSA) is 215 Å². The number of nitrogens with two attached hydrogens (primary N) is 3. The normalized spacial score (nSPS) is 12.8. The highest BCUT2D eigenvalue weighted by atomic mass is 16.3. The SMILES string of the molecule is CCCC[C@@H](NC(=O)[C@H](Cc1ccc(O)cc1)N=C(N)N)C(=O)NCC(=O)N[C@@H](Cc1ccccc1)C(N)=O. The summed E-state index contributed by atoms with van der Waals surface area (Å²) in [6.45, 7) is 1.52. The van der Waals surface area contributed by atoms with E-state index in [1.165, 1.54) is 12.1 Å². The van der Waals surface area contributed by atoms with E-state index < -0.39 is 48.3 Å². The fourth-order valence-electron chi connectivity index (χ4n) is 3.79. The van der Waals surface area contributed by atoms with Crippen LogP contribution in [0.15, 0.2) is 59.6 Å². The van der Waals surface area contributed by atoms with Crippen molar-refractivity contribution in [2.24, 2.45) is 22.2 Å². The molecule has 0 heterocycles. The number of aromatic hydroxyl groups is 1. The molecule has 2 rings (SSSR count). The van der Waals surface area contributed by atoms with E-state index in [1.54, 1.807) is 12.1 Å². The van der Waals surface area contributed by atoms with Gasteiger partial charge in [-0.2, -0.15) is 0 Å². The first-order chi connectivity index (χ1) is 18.6. The fourth-order valence-corrected chi connectivity index (χ4v) is 3.79. The summed E-state index contributed by atoms with van der Waals surface area (Å²) >= 11 is 0. The van der Waals surface area contributed by atoms with Gasteiger partial charge in [-0.05, 0) is 29.7 Å². The number of rotatable bonds is 15. The Hall–Kier alpha value is -4.61. The van der Waals surface area contributed by atoms with E-state index in [9.17, 15) is 24.3 Å². The van der Waals surface area contributed by atoms with Gasteiger partial charge in [0.05, 0.1) is 6.54 Å². The van der Waals surface area contributed by atoms with Crippen LogP contribution in [0.1, 0.15) is 37.3 Å². The predicted molar refractivity (Wildman–Crippen MR) is 147 cm³/mol. The average Bonchev–Trinajstić information content (AvgIpc) is 2.90. The number of hydrogen-bond donors (Lipinski definition) is 7. The van der Waals surface area contributed by atoms with E-state index in [0.717, 1.165) is 12.0 Å². The Morgan fingerprint density at radius 1 is 0.846 bits per heavy atom. The second-order valence-corrected chi connectivity index (χ2v) is 9.07. The highest BCUT2D eigenvalue weighted by molar-refractivity contribution is 5.94. The minimum Gasteiger partial charge on any atom is -0.508 e. The standard InChI is InChI=1S/C27H37N7O5/c1-2-3-9-20(33-26(39)22(34-27(29)30)15-18-10-12-19(35)13-11-18)25(38)31-16-23(36)32-21(24(28)37)14-17-7-5-4-6-8-17/h4-8,10-13,20-22,35H,2-3,9,14-16H2,1H3,(H2,28,37)(H,31,38)(H,32,36)(H,33,39)(H4,29,30,34)/t20-,21+,22+/m1/s1. The summed E-state index contributed by atoms with van der Waals surface area (Å²) in [6, 6.07) is 12.4.